The molecular weight excluding hydrogens is 374 g/mol. The van der Waals surface area contributed by atoms with Crippen molar-refractivity contribution in [3.8, 4) is 0 Å². The van der Waals surface area contributed by atoms with E-state index in [1.165, 1.54) is 15.4 Å². The zero-order chi connectivity index (χ0) is 20.5. The van der Waals surface area contributed by atoms with E-state index in [0.717, 1.165) is 49.2 Å². The average molecular weight is 402 g/mol. The molecule has 5 nitrogen and oxygen atoms in total. The predicted octanol–water partition coefficient (Wildman–Crippen LogP) is 0.455. The number of carbonyl (C=O) groups excluding carboxylic acids is 2. The molecule has 2 heterocycles. The van der Waals surface area contributed by atoms with Gasteiger partial charge in [-0.2, -0.15) is 0 Å². The fourth-order valence-corrected chi connectivity index (χ4v) is 4.94. The van der Waals surface area contributed by atoms with E-state index in [1.807, 2.05) is 48.5 Å². The highest BCUT2D eigenvalue weighted by Gasteiger charge is 2.47. The van der Waals surface area contributed by atoms with Crippen molar-refractivity contribution >= 4 is 28.3 Å². The molecule has 0 radical (unpaired) electrons. The minimum absolute atomic E-state index is 0.0436. The zero-order valence-electron chi connectivity index (χ0n) is 17.0. The Kier molecular flexibility index (Phi) is 5.07. The largest absolute Gasteiger partial charge is 0.322 e. The van der Waals surface area contributed by atoms with Gasteiger partial charge in [0.15, 0.2) is 6.04 Å². The van der Waals surface area contributed by atoms with Crippen molar-refractivity contribution in [2.45, 2.75) is 19.0 Å². The second-order valence-electron chi connectivity index (χ2n) is 8.39. The standard InChI is InChI=1S/C25H25N3O2/c29-24-17-23(27-15-13-26(14-16-27)18-19-7-2-1-3-8-19)25(30)28(24)22-12-6-10-20-9-4-5-11-21(20)22/h1-12,23H,13-18H2/p+2/t23-/m1/s1. The summed E-state index contributed by atoms with van der Waals surface area (Å²) in [6, 6.07) is 24.1. The summed E-state index contributed by atoms with van der Waals surface area (Å²) in [4.78, 5) is 30.4. The van der Waals surface area contributed by atoms with Crippen LogP contribution in [-0.4, -0.2) is 44.0 Å². The quantitative estimate of drug-likeness (QED) is 0.624. The third-order valence-corrected chi connectivity index (χ3v) is 6.54. The summed E-state index contributed by atoms with van der Waals surface area (Å²) in [5.41, 5.74) is 2.07. The number of carbonyl (C=O) groups is 2. The molecular formula is C25H27N3O2+2. The monoisotopic (exact) mass is 401 g/mol. The van der Waals surface area contributed by atoms with E-state index in [-0.39, 0.29) is 17.9 Å². The Hall–Kier alpha value is -3.02. The maximum atomic E-state index is 13.3. The van der Waals surface area contributed by atoms with Crippen LogP contribution in [0, 0.1) is 0 Å². The van der Waals surface area contributed by atoms with Gasteiger partial charge in [0.1, 0.15) is 32.7 Å². The van der Waals surface area contributed by atoms with Crippen LogP contribution in [0.1, 0.15) is 12.0 Å². The highest BCUT2D eigenvalue weighted by atomic mass is 16.2. The molecule has 0 aromatic heterocycles. The van der Waals surface area contributed by atoms with Crippen LogP contribution in [0.5, 0.6) is 0 Å². The Labute approximate surface area is 176 Å². The fraction of sp³-hybridized carbons (Fsp3) is 0.280. The lowest BCUT2D eigenvalue weighted by molar-refractivity contribution is -1.02. The predicted molar refractivity (Wildman–Crippen MR) is 116 cm³/mol. The molecule has 0 saturated carbocycles. The fourth-order valence-electron chi connectivity index (χ4n) is 4.94. The number of hydrogen-bond donors (Lipinski definition) is 2. The Morgan fingerprint density at radius 1 is 0.800 bits per heavy atom. The van der Waals surface area contributed by atoms with Crippen molar-refractivity contribution in [1.29, 1.82) is 0 Å². The summed E-state index contributed by atoms with van der Waals surface area (Å²) in [5, 5.41) is 2.00. The van der Waals surface area contributed by atoms with Gasteiger partial charge < -0.3 is 9.80 Å². The van der Waals surface area contributed by atoms with Gasteiger partial charge >= 0.3 is 0 Å². The molecule has 5 heteroatoms. The highest BCUT2D eigenvalue weighted by Crippen LogP contribution is 2.30. The number of hydrogen-bond acceptors (Lipinski definition) is 2. The summed E-state index contributed by atoms with van der Waals surface area (Å²) in [7, 11) is 0. The van der Waals surface area contributed by atoms with Crippen molar-refractivity contribution in [1.82, 2.24) is 0 Å². The number of amides is 2. The topological polar surface area (TPSA) is 46.3 Å². The lowest BCUT2D eigenvalue weighted by Gasteiger charge is -2.32. The second-order valence-corrected chi connectivity index (χ2v) is 8.39. The molecule has 152 valence electrons. The van der Waals surface area contributed by atoms with Crippen LogP contribution in [0.25, 0.3) is 10.8 Å². The number of nitrogens with one attached hydrogen (secondary N) is 2. The molecule has 3 aromatic rings. The molecule has 0 unspecified atom stereocenters. The minimum Gasteiger partial charge on any atom is -0.322 e. The van der Waals surface area contributed by atoms with E-state index in [1.54, 1.807) is 4.90 Å². The van der Waals surface area contributed by atoms with Gasteiger partial charge in [0.05, 0.1) is 12.1 Å². The van der Waals surface area contributed by atoms with Gasteiger partial charge in [0, 0.05) is 10.9 Å². The Morgan fingerprint density at radius 3 is 2.30 bits per heavy atom. The maximum Gasteiger partial charge on any atom is 0.292 e. The molecule has 2 aliphatic rings. The van der Waals surface area contributed by atoms with E-state index in [0.29, 0.717) is 6.42 Å². The first-order chi connectivity index (χ1) is 14.7. The second kappa shape index (κ2) is 8.01. The number of benzene rings is 3. The number of imide groups is 1. The Bertz CT molecular complexity index is 1070. The van der Waals surface area contributed by atoms with Gasteiger partial charge in [-0.1, -0.05) is 66.7 Å². The van der Waals surface area contributed by atoms with Crippen LogP contribution >= 0.6 is 0 Å². The molecule has 0 bridgehead atoms. The number of rotatable bonds is 4. The molecule has 2 N–H and O–H groups in total. The first kappa shape index (κ1) is 19.0. The smallest absolute Gasteiger partial charge is 0.292 e. The molecule has 30 heavy (non-hydrogen) atoms. The molecule has 1 atom stereocenters. The minimum atomic E-state index is -0.255. The van der Waals surface area contributed by atoms with Crippen LogP contribution in [0.2, 0.25) is 0 Å². The number of piperazine rings is 1. The molecule has 0 spiro atoms. The summed E-state index contributed by atoms with van der Waals surface area (Å²) >= 11 is 0. The van der Waals surface area contributed by atoms with Crippen molar-refractivity contribution < 1.29 is 19.4 Å². The molecule has 2 fully saturated rings. The molecule has 0 aliphatic carbocycles. The van der Waals surface area contributed by atoms with E-state index in [2.05, 4.69) is 24.3 Å². The molecule has 3 aromatic carbocycles. The normalized spacial score (nSPS) is 24.5. The van der Waals surface area contributed by atoms with Gasteiger partial charge in [-0.05, 0) is 11.5 Å². The van der Waals surface area contributed by atoms with Crippen LogP contribution in [-0.2, 0) is 16.1 Å². The third-order valence-electron chi connectivity index (χ3n) is 6.54. The average Bonchev–Trinajstić information content (AvgIpc) is 3.08. The molecule has 2 aliphatic heterocycles. The highest BCUT2D eigenvalue weighted by molar-refractivity contribution is 6.24. The number of quaternary nitrogens is 2. The van der Waals surface area contributed by atoms with Gasteiger partial charge in [0.2, 0.25) is 5.91 Å². The first-order valence-electron chi connectivity index (χ1n) is 10.8. The zero-order valence-corrected chi connectivity index (χ0v) is 17.0. The van der Waals surface area contributed by atoms with Crippen molar-refractivity contribution in [2.24, 2.45) is 0 Å². The SMILES string of the molecule is O=C1C[C@@H]([NH+]2CC[NH+](Cc3ccccc3)CC2)C(=O)N1c1cccc2ccccc12. The molecule has 2 saturated heterocycles. The summed E-state index contributed by atoms with van der Waals surface area (Å²) in [6.45, 7) is 4.92. The molecule has 2 amide bonds. The maximum absolute atomic E-state index is 13.3. The van der Waals surface area contributed by atoms with E-state index in [9.17, 15) is 9.59 Å². The first-order valence-corrected chi connectivity index (χ1v) is 10.8. The number of anilines is 1. The van der Waals surface area contributed by atoms with E-state index >= 15 is 0 Å². The van der Waals surface area contributed by atoms with Crippen molar-refractivity contribution in [2.75, 3.05) is 31.1 Å². The van der Waals surface area contributed by atoms with Crippen molar-refractivity contribution in [3.63, 3.8) is 0 Å². The Balaban J connectivity index is 1.29. The summed E-state index contributed by atoms with van der Waals surface area (Å²) < 4.78 is 0. The Morgan fingerprint density at radius 2 is 1.50 bits per heavy atom. The number of nitrogens with zero attached hydrogens (tertiary/aromatic N) is 1. The number of fused-ring (bicyclic) bond motifs is 1. The van der Waals surface area contributed by atoms with Crippen LogP contribution in [0.15, 0.2) is 72.8 Å². The van der Waals surface area contributed by atoms with E-state index in [4.69, 9.17) is 0 Å². The summed E-state index contributed by atoms with van der Waals surface area (Å²) in [6.07, 6.45) is 0.311. The van der Waals surface area contributed by atoms with Gasteiger partial charge in [-0.3, -0.25) is 9.59 Å². The van der Waals surface area contributed by atoms with Gasteiger partial charge in [0.25, 0.3) is 5.91 Å². The van der Waals surface area contributed by atoms with Gasteiger partial charge in [-0.25, -0.2) is 4.90 Å². The van der Waals surface area contributed by atoms with Crippen LogP contribution in [0.4, 0.5) is 5.69 Å². The van der Waals surface area contributed by atoms with Gasteiger partial charge in [-0.15, -0.1) is 0 Å². The van der Waals surface area contributed by atoms with E-state index < -0.39 is 0 Å². The van der Waals surface area contributed by atoms with Crippen LogP contribution in [0.3, 0.4) is 0 Å². The lowest BCUT2D eigenvalue weighted by atomic mass is 10.1. The third kappa shape index (κ3) is 3.51. The van der Waals surface area contributed by atoms with Crippen LogP contribution < -0.4 is 14.7 Å². The van der Waals surface area contributed by atoms with Crippen molar-refractivity contribution in [3.05, 3.63) is 78.4 Å². The summed E-state index contributed by atoms with van der Waals surface area (Å²) in [5.74, 6) is -0.120. The molecule has 5 rings (SSSR count). The lowest BCUT2D eigenvalue weighted by Crippen LogP contribution is -3.29.